The predicted octanol–water partition coefficient (Wildman–Crippen LogP) is 6.33. The van der Waals surface area contributed by atoms with Crippen LogP contribution in [0.5, 0.6) is 0 Å². The van der Waals surface area contributed by atoms with Crippen molar-refractivity contribution in [2.45, 2.75) is 6.18 Å². The molecule has 0 spiro atoms. The number of rotatable bonds is 1. The van der Waals surface area contributed by atoms with Crippen LogP contribution in [0.3, 0.4) is 0 Å². The van der Waals surface area contributed by atoms with Gasteiger partial charge < -0.3 is 4.98 Å². The Kier molecular flexibility index (Phi) is 4.95. The van der Waals surface area contributed by atoms with Crippen molar-refractivity contribution in [3.05, 3.63) is 53.2 Å². The lowest BCUT2D eigenvalue weighted by Gasteiger charge is -2.16. The van der Waals surface area contributed by atoms with Gasteiger partial charge in [0, 0.05) is 17.8 Å². The molecule has 10 heteroatoms. The van der Waals surface area contributed by atoms with Gasteiger partial charge in [0.15, 0.2) is 5.43 Å². The zero-order chi connectivity index (χ0) is 16.8. The Hall–Kier alpha value is -0.590. The van der Waals surface area contributed by atoms with Crippen molar-refractivity contribution < 1.29 is 13.2 Å². The minimum Gasteiger partial charge on any atom is -0.360 e. The fourth-order valence-electron chi connectivity index (χ4n) is 1.78. The van der Waals surface area contributed by atoms with Gasteiger partial charge in [-0.2, -0.15) is 13.2 Å². The first kappa shape index (κ1) is 17.8. The number of hydrogen-bond acceptors (Lipinski definition) is 1. The third-order valence-electron chi connectivity index (χ3n) is 2.70. The maximum atomic E-state index is 13.1. The van der Waals surface area contributed by atoms with Gasteiger partial charge in [-0.1, -0.05) is 58.0 Å². The molecule has 2 aromatic rings. The highest BCUT2D eigenvalue weighted by Crippen LogP contribution is 2.49. The van der Waals surface area contributed by atoms with E-state index in [4.69, 9.17) is 58.0 Å². The van der Waals surface area contributed by atoms with Crippen molar-refractivity contribution in [2.75, 3.05) is 0 Å². The lowest BCUT2D eigenvalue weighted by Crippen LogP contribution is -2.20. The van der Waals surface area contributed by atoms with E-state index in [0.717, 1.165) is 12.3 Å². The molecule has 2 nitrogen and oxygen atoms in total. The fraction of sp³-hybridized carbons (Fsp3) is 0.0833. The van der Waals surface area contributed by atoms with E-state index < -0.39 is 22.9 Å². The average molecular weight is 411 g/mol. The third kappa shape index (κ3) is 2.93. The van der Waals surface area contributed by atoms with E-state index in [1.807, 2.05) is 0 Å². The lowest BCUT2D eigenvalue weighted by molar-refractivity contribution is -0.138. The lowest BCUT2D eigenvalue weighted by atomic mass is 10.0. The summed E-state index contributed by atoms with van der Waals surface area (Å²) >= 11 is 29.3. The number of nitrogens with one attached hydrogen (secondary N) is 1. The molecule has 1 aromatic heterocycles. The molecule has 0 fully saturated rings. The molecule has 1 N–H and O–H groups in total. The predicted molar refractivity (Wildman–Crippen MR) is 82.6 cm³/mol. The summed E-state index contributed by atoms with van der Waals surface area (Å²) in [5, 5.41) is -1.45. The second kappa shape index (κ2) is 6.13. The van der Waals surface area contributed by atoms with Crippen molar-refractivity contribution in [1.82, 2.24) is 4.98 Å². The van der Waals surface area contributed by atoms with E-state index in [-0.39, 0.29) is 30.7 Å². The minimum absolute atomic E-state index is 0.200. The molecule has 0 aliphatic rings. The number of benzene rings is 1. The topological polar surface area (TPSA) is 32.9 Å². The normalized spacial score (nSPS) is 11.8. The van der Waals surface area contributed by atoms with Gasteiger partial charge in [-0.3, -0.25) is 4.79 Å². The molecule has 0 aliphatic heterocycles. The second-order valence-electron chi connectivity index (χ2n) is 4.03. The van der Waals surface area contributed by atoms with Crippen LogP contribution >= 0.6 is 58.0 Å². The highest BCUT2D eigenvalue weighted by atomic mass is 35.5. The zero-order valence-electron chi connectivity index (χ0n) is 10.1. The largest absolute Gasteiger partial charge is 0.422 e. The summed E-state index contributed by atoms with van der Waals surface area (Å²) in [4.78, 5) is 13.9. The number of halogens is 8. The third-order valence-corrected chi connectivity index (χ3v) is 4.98. The zero-order valence-corrected chi connectivity index (χ0v) is 13.9. The summed E-state index contributed by atoms with van der Waals surface area (Å²) in [6.45, 7) is 0. The highest BCUT2D eigenvalue weighted by molar-refractivity contribution is 6.56. The molecular formula is C12H3Cl5F3NO. The van der Waals surface area contributed by atoms with Crippen LogP contribution in [-0.4, -0.2) is 4.98 Å². The Balaban J connectivity index is 2.97. The van der Waals surface area contributed by atoms with Crippen LogP contribution in [0, 0.1) is 0 Å². The quantitative estimate of drug-likeness (QED) is 0.432. The van der Waals surface area contributed by atoms with Gasteiger partial charge in [0.1, 0.15) is 5.56 Å². The average Bonchev–Trinajstić information content (AvgIpc) is 2.42. The summed E-state index contributed by atoms with van der Waals surface area (Å²) in [7, 11) is 0. The van der Waals surface area contributed by atoms with Crippen LogP contribution in [0.25, 0.3) is 11.3 Å². The number of aromatic amines is 1. The van der Waals surface area contributed by atoms with Crippen LogP contribution in [-0.2, 0) is 6.18 Å². The van der Waals surface area contributed by atoms with Gasteiger partial charge in [0.25, 0.3) is 0 Å². The standard InChI is InChI=1S/C12H3Cl5F3NO/c13-6-4(7(14)9(16)10(17)8(6)15)11-5(12(18,19)20)3(22)1-2-21-11/h1-2H,(H,21,22). The SMILES string of the molecule is O=c1cc[nH]c(-c2c(Cl)c(Cl)c(Cl)c(Cl)c2Cl)c1C(F)(F)F. The molecule has 0 saturated carbocycles. The molecule has 0 aliphatic carbocycles. The van der Waals surface area contributed by atoms with Crippen LogP contribution in [0.15, 0.2) is 17.1 Å². The summed E-state index contributed by atoms with van der Waals surface area (Å²) in [5.74, 6) is 0. The molecule has 1 aromatic carbocycles. The van der Waals surface area contributed by atoms with Crippen LogP contribution in [0.2, 0.25) is 25.1 Å². The number of aromatic nitrogens is 1. The van der Waals surface area contributed by atoms with Crippen LogP contribution in [0.4, 0.5) is 13.2 Å². The molecule has 0 radical (unpaired) electrons. The minimum atomic E-state index is -4.94. The molecule has 2 rings (SSSR count). The number of hydrogen-bond donors (Lipinski definition) is 1. The Morgan fingerprint density at radius 1 is 0.864 bits per heavy atom. The van der Waals surface area contributed by atoms with Gasteiger partial charge in [0.05, 0.1) is 30.8 Å². The summed E-state index contributed by atoms with van der Waals surface area (Å²) < 4.78 is 39.4. The number of H-pyrrole nitrogens is 1. The van der Waals surface area contributed by atoms with E-state index in [1.54, 1.807) is 0 Å². The first-order valence-electron chi connectivity index (χ1n) is 5.38. The van der Waals surface area contributed by atoms with E-state index in [0.29, 0.717) is 0 Å². The molecule has 0 atom stereocenters. The Morgan fingerprint density at radius 3 is 1.77 bits per heavy atom. The molecule has 0 amide bonds. The molecule has 0 unspecified atom stereocenters. The van der Waals surface area contributed by atoms with Crippen molar-refractivity contribution >= 4 is 58.0 Å². The Labute approximate surface area is 146 Å². The maximum Gasteiger partial charge on any atom is 0.422 e. The van der Waals surface area contributed by atoms with Gasteiger partial charge in [-0.05, 0) is 0 Å². The van der Waals surface area contributed by atoms with E-state index in [9.17, 15) is 18.0 Å². The van der Waals surface area contributed by atoms with Gasteiger partial charge in [-0.25, -0.2) is 0 Å². The number of alkyl halides is 3. The van der Waals surface area contributed by atoms with E-state index in [1.165, 1.54) is 0 Å². The molecule has 118 valence electrons. The second-order valence-corrected chi connectivity index (χ2v) is 5.92. The molecule has 1 heterocycles. The summed E-state index contributed by atoms with van der Waals surface area (Å²) in [6, 6.07) is 0.729. The maximum absolute atomic E-state index is 13.1. The first-order valence-corrected chi connectivity index (χ1v) is 7.27. The van der Waals surface area contributed by atoms with Crippen molar-refractivity contribution in [3.63, 3.8) is 0 Å². The Bertz CT molecular complexity index is 787. The molecule has 22 heavy (non-hydrogen) atoms. The molecular weight excluding hydrogens is 408 g/mol. The van der Waals surface area contributed by atoms with Crippen molar-refractivity contribution in [2.24, 2.45) is 0 Å². The van der Waals surface area contributed by atoms with Crippen molar-refractivity contribution in [1.29, 1.82) is 0 Å². The van der Waals surface area contributed by atoms with Crippen LogP contribution in [0.1, 0.15) is 5.56 Å². The smallest absolute Gasteiger partial charge is 0.360 e. The monoisotopic (exact) mass is 409 g/mol. The first-order chi connectivity index (χ1) is 10.1. The number of pyridine rings is 1. The van der Waals surface area contributed by atoms with Gasteiger partial charge in [-0.15, -0.1) is 0 Å². The van der Waals surface area contributed by atoms with Crippen LogP contribution < -0.4 is 5.43 Å². The summed E-state index contributed by atoms with van der Waals surface area (Å²) in [5.41, 5.74) is -3.72. The summed E-state index contributed by atoms with van der Waals surface area (Å²) in [6.07, 6.45) is -3.91. The van der Waals surface area contributed by atoms with E-state index >= 15 is 0 Å². The molecule has 0 bridgehead atoms. The van der Waals surface area contributed by atoms with Gasteiger partial charge >= 0.3 is 6.18 Å². The Morgan fingerprint density at radius 2 is 1.32 bits per heavy atom. The molecule has 0 saturated heterocycles. The fourth-order valence-corrected chi connectivity index (χ4v) is 3.11. The van der Waals surface area contributed by atoms with Gasteiger partial charge in [0.2, 0.25) is 0 Å². The highest BCUT2D eigenvalue weighted by Gasteiger charge is 2.38. The van der Waals surface area contributed by atoms with Crippen molar-refractivity contribution in [3.8, 4) is 11.3 Å². The van der Waals surface area contributed by atoms with E-state index in [2.05, 4.69) is 4.98 Å².